The molecule has 0 aromatic heterocycles. The lowest BCUT2D eigenvalue weighted by atomic mass is 10.3. The van der Waals surface area contributed by atoms with Crippen molar-refractivity contribution in [3.05, 3.63) is 29.8 Å². The van der Waals surface area contributed by atoms with Crippen LogP contribution in [0.25, 0.3) is 0 Å². The van der Waals surface area contributed by atoms with Crippen molar-refractivity contribution in [2.24, 2.45) is 0 Å². The Bertz CT molecular complexity index is 715. The molecule has 0 radical (unpaired) electrons. The van der Waals surface area contributed by atoms with Gasteiger partial charge in [-0.15, -0.1) is 0 Å². The van der Waals surface area contributed by atoms with Crippen LogP contribution in [0.5, 0.6) is 11.5 Å². The molecular weight excluding hydrogens is 352 g/mol. The van der Waals surface area contributed by atoms with Crippen molar-refractivity contribution in [2.45, 2.75) is 11.3 Å². The van der Waals surface area contributed by atoms with Gasteiger partial charge in [0.25, 0.3) is 0 Å². The van der Waals surface area contributed by atoms with Crippen LogP contribution in [0.2, 0.25) is 0 Å². The van der Waals surface area contributed by atoms with E-state index in [0.717, 1.165) is 6.42 Å². The third-order valence-electron chi connectivity index (χ3n) is 4.08. The maximum absolute atomic E-state index is 12.9. The molecule has 0 aliphatic carbocycles. The Morgan fingerprint density at radius 3 is 2.46 bits per heavy atom. The third-order valence-corrected chi connectivity index (χ3v) is 6.10. The van der Waals surface area contributed by atoms with E-state index >= 15 is 0 Å². The van der Waals surface area contributed by atoms with Crippen molar-refractivity contribution in [1.29, 1.82) is 0 Å². The lowest BCUT2D eigenvalue weighted by Gasteiger charge is -2.33. The SMILES string of the molecule is C=C(Cl)CN1CCN(S(=O)(=O)c2ccc3c(c2)OCCCO3)CC1. The molecule has 0 amide bonds. The number of nitrogens with zero attached hydrogens (tertiary/aromatic N) is 2. The first-order valence-corrected chi connectivity index (χ1v) is 9.74. The Kier molecular flexibility index (Phi) is 5.34. The van der Waals surface area contributed by atoms with Crippen molar-refractivity contribution in [2.75, 3.05) is 45.9 Å². The van der Waals surface area contributed by atoms with Crippen LogP contribution in [0.4, 0.5) is 0 Å². The predicted molar refractivity (Wildman–Crippen MR) is 92.2 cm³/mol. The second kappa shape index (κ2) is 7.31. The Labute approximate surface area is 147 Å². The second-order valence-electron chi connectivity index (χ2n) is 5.86. The van der Waals surface area contributed by atoms with Gasteiger partial charge in [-0.05, 0) is 12.1 Å². The molecule has 0 bridgehead atoms. The van der Waals surface area contributed by atoms with Crippen LogP contribution in [0.1, 0.15) is 6.42 Å². The number of sulfonamides is 1. The van der Waals surface area contributed by atoms with Crippen LogP contribution >= 0.6 is 11.6 Å². The highest BCUT2D eigenvalue weighted by Crippen LogP contribution is 2.33. The number of hydrogen-bond acceptors (Lipinski definition) is 5. The van der Waals surface area contributed by atoms with Gasteiger partial charge >= 0.3 is 0 Å². The predicted octanol–water partition coefficient (Wildman–Crippen LogP) is 1.91. The molecule has 2 heterocycles. The Hall–Kier alpha value is -1.28. The van der Waals surface area contributed by atoms with Gasteiger partial charge in [0.1, 0.15) is 0 Å². The van der Waals surface area contributed by atoms with E-state index in [1.807, 2.05) is 0 Å². The minimum absolute atomic E-state index is 0.238. The highest BCUT2D eigenvalue weighted by Gasteiger charge is 2.29. The molecule has 2 aliphatic heterocycles. The molecule has 1 fully saturated rings. The minimum atomic E-state index is -3.54. The summed E-state index contributed by atoms with van der Waals surface area (Å²) >= 11 is 5.82. The summed E-state index contributed by atoms with van der Waals surface area (Å²) in [5.41, 5.74) is 0. The van der Waals surface area contributed by atoms with Crippen molar-refractivity contribution >= 4 is 21.6 Å². The standard InChI is InChI=1S/C16H21ClN2O4S/c1-13(17)12-18-5-7-19(8-6-18)24(20,21)14-3-4-15-16(11-14)23-10-2-9-22-15/h3-4,11H,1-2,5-10,12H2. The van der Waals surface area contributed by atoms with Crippen LogP contribution in [0, 0.1) is 0 Å². The summed E-state index contributed by atoms with van der Waals surface area (Å²) < 4.78 is 38.4. The van der Waals surface area contributed by atoms with Gasteiger partial charge < -0.3 is 9.47 Å². The highest BCUT2D eigenvalue weighted by atomic mass is 35.5. The van der Waals surface area contributed by atoms with Crippen LogP contribution in [0.15, 0.2) is 34.7 Å². The molecule has 3 rings (SSSR count). The van der Waals surface area contributed by atoms with E-state index in [9.17, 15) is 8.42 Å². The fourth-order valence-electron chi connectivity index (χ4n) is 2.82. The second-order valence-corrected chi connectivity index (χ2v) is 8.33. The van der Waals surface area contributed by atoms with E-state index in [-0.39, 0.29) is 4.90 Å². The fraction of sp³-hybridized carbons (Fsp3) is 0.500. The van der Waals surface area contributed by atoms with Crippen molar-refractivity contribution < 1.29 is 17.9 Å². The number of ether oxygens (including phenoxy) is 2. The smallest absolute Gasteiger partial charge is 0.243 e. The number of piperazine rings is 1. The zero-order valence-corrected chi connectivity index (χ0v) is 15.0. The number of halogens is 1. The van der Waals surface area contributed by atoms with Gasteiger partial charge in [-0.1, -0.05) is 18.2 Å². The van der Waals surface area contributed by atoms with E-state index in [1.165, 1.54) is 4.31 Å². The summed E-state index contributed by atoms with van der Waals surface area (Å²) in [6, 6.07) is 4.81. The Morgan fingerprint density at radius 2 is 1.79 bits per heavy atom. The fourth-order valence-corrected chi connectivity index (χ4v) is 4.43. The molecular formula is C16H21ClN2O4S. The van der Waals surface area contributed by atoms with Crippen molar-refractivity contribution in [1.82, 2.24) is 9.21 Å². The number of hydrogen-bond donors (Lipinski definition) is 0. The maximum atomic E-state index is 12.9. The lowest BCUT2D eigenvalue weighted by Crippen LogP contribution is -2.48. The van der Waals surface area contributed by atoms with Gasteiger partial charge in [-0.3, -0.25) is 4.90 Å². The molecule has 24 heavy (non-hydrogen) atoms. The van der Waals surface area contributed by atoms with E-state index in [0.29, 0.717) is 62.5 Å². The molecule has 0 spiro atoms. The quantitative estimate of drug-likeness (QED) is 0.808. The van der Waals surface area contributed by atoms with Crippen LogP contribution in [-0.2, 0) is 10.0 Å². The van der Waals surface area contributed by atoms with Crippen LogP contribution in [-0.4, -0.2) is 63.6 Å². The summed E-state index contributed by atoms with van der Waals surface area (Å²) in [5.74, 6) is 1.09. The third kappa shape index (κ3) is 3.85. The molecule has 6 nitrogen and oxygen atoms in total. The molecule has 0 atom stereocenters. The average Bonchev–Trinajstić information content (AvgIpc) is 2.79. The van der Waals surface area contributed by atoms with Gasteiger partial charge in [-0.25, -0.2) is 8.42 Å². The van der Waals surface area contributed by atoms with Gasteiger partial charge in [0.2, 0.25) is 10.0 Å². The van der Waals surface area contributed by atoms with E-state index < -0.39 is 10.0 Å². The molecule has 0 unspecified atom stereocenters. The summed E-state index contributed by atoms with van der Waals surface area (Å²) in [4.78, 5) is 2.33. The topological polar surface area (TPSA) is 59.1 Å². The molecule has 8 heteroatoms. The first-order chi connectivity index (χ1) is 11.5. The zero-order valence-electron chi connectivity index (χ0n) is 13.4. The molecule has 1 aromatic rings. The monoisotopic (exact) mass is 372 g/mol. The Morgan fingerprint density at radius 1 is 1.12 bits per heavy atom. The van der Waals surface area contributed by atoms with E-state index in [1.54, 1.807) is 18.2 Å². The Balaban J connectivity index is 1.74. The maximum Gasteiger partial charge on any atom is 0.243 e. The molecule has 1 aromatic carbocycles. The number of rotatable bonds is 4. The van der Waals surface area contributed by atoms with Crippen LogP contribution < -0.4 is 9.47 Å². The summed E-state index contributed by atoms with van der Waals surface area (Å²) in [7, 11) is -3.54. The lowest BCUT2D eigenvalue weighted by molar-refractivity contribution is 0.203. The molecule has 0 saturated carbocycles. The van der Waals surface area contributed by atoms with Gasteiger partial charge in [0.15, 0.2) is 11.5 Å². The van der Waals surface area contributed by atoms with Gasteiger partial charge in [-0.2, -0.15) is 4.31 Å². The highest BCUT2D eigenvalue weighted by molar-refractivity contribution is 7.89. The normalized spacial score (nSPS) is 19.7. The van der Waals surface area contributed by atoms with Gasteiger partial charge in [0, 0.05) is 50.2 Å². The van der Waals surface area contributed by atoms with Gasteiger partial charge in [0.05, 0.1) is 18.1 Å². The van der Waals surface area contributed by atoms with Crippen molar-refractivity contribution in [3.63, 3.8) is 0 Å². The first-order valence-electron chi connectivity index (χ1n) is 7.92. The summed E-state index contributed by atoms with van der Waals surface area (Å²) in [6.45, 7) is 7.50. The van der Waals surface area contributed by atoms with Crippen molar-refractivity contribution in [3.8, 4) is 11.5 Å². The van der Waals surface area contributed by atoms with Crippen LogP contribution in [0.3, 0.4) is 0 Å². The number of benzene rings is 1. The summed E-state index contributed by atoms with van der Waals surface area (Å²) in [6.07, 6.45) is 0.782. The largest absolute Gasteiger partial charge is 0.490 e. The zero-order chi connectivity index (χ0) is 17.2. The van der Waals surface area contributed by atoms with E-state index in [2.05, 4.69) is 11.5 Å². The number of fused-ring (bicyclic) bond motifs is 1. The molecule has 132 valence electrons. The molecule has 1 saturated heterocycles. The average molecular weight is 373 g/mol. The summed E-state index contributed by atoms with van der Waals surface area (Å²) in [5, 5.41) is 0.564. The first kappa shape index (κ1) is 17.5. The molecule has 2 aliphatic rings. The minimum Gasteiger partial charge on any atom is -0.490 e. The molecule has 0 N–H and O–H groups in total. The van der Waals surface area contributed by atoms with E-state index in [4.69, 9.17) is 21.1 Å².